The minimum atomic E-state index is -2.80. The second-order valence-electron chi connectivity index (χ2n) is 8.03. The second kappa shape index (κ2) is 14.8. The Labute approximate surface area is 203 Å². The van der Waals surface area contributed by atoms with Gasteiger partial charge in [-0.05, 0) is 98.6 Å². The van der Waals surface area contributed by atoms with Crippen molar-refractivity contribution in [3.8, 4) is 0 Å². The molecule has 1 aliphatic carbocycles. The lowest BCUT2D eigenvalue weighted by atomic mass is 9.82. The van der Waals surface area contributed by atoms with Gasteiger partial charge in [-0.1, -0.05) is 44.0 Å². The number of benzene rings is 1. The number of rotatable bonds is 13. The van der Waals surface area contributed by atoms with Gasteiger partial charge in [0.1, 0.15) is 0 Å². The molecule has 2 rings (SSSR count). The molecule has 0 N–H and O–H groups in total. The van der Waals surface area contributed by atoms with Gasteiger partial charge < -0.3 is 4.74 Å². The Hall–Kier alpha value is -1.20. The third-order valence-electron chi connectivity index (χ3n) is 5.88. The van der Waals surface area contributed by atoms with E-state index in [4.69, 9.17) is 41.4 Å². The number of aryl methyl sites for hydroxylation is 1. The molecule has 1 aliphatic rings. The van der Waals surface area contributed by atoms with Crippen LogP contribution in [0.4, 0.5) is 0 Å². The number of isothiocyanates is 3. The van der Waals surface area contributed by atoms with E-state index in [0.29, 0.717) is 24.7 Å². The molecule has 1 saturated carbocycles. The minimum absolute atomic E-state index is 0.317. The van der Waals surface area contributed by atoms with Crippen LogP contribution in [-0.4, -0.2) is 36.8 Å². The highest BCUT2D eigenvalue weighted by Gasteiger charge is 2.34. The van der Waals surface area contributed by atoms with Gasteiger partial charge in [-0.15, -0.1) is 0 Å². The maximum Gasteiger partial charge on any atom is 0.461 e. The van der Waals surface area contributed by atoms with E-state index in [1.807, 2.05) is 0 Å². The summed E-state index contributed by atoms with van der Waals surface area (Å²) in [5.41, 5.74) is 2.94. The first kappa shape index (κ1) is 26.1. The van der Waals surface area contributed by atoms with Crippen LogP contribution in [0.2, 0.25) is 6.04 Å². The molecular formula is C23H31N3OS3Si. The van der Waals surface area contributed by atoms with Gasteiger partial charge in [0.2, 0.25) is 0 Å². The maximum atomic E-state index is 6.13. The van der Waals surface area contributed by atoms with Gasteiger partial charge in [-0.25, -0.2) is 14.0 Å². The average Bonchev–Trinajstić information content (AvgIpc) is 2.78. The first-order chi connectivity index (χ1) is 15.2. The monoisotopic (exact) mass is 489 g/mol. The Morgan fingerprint density at radius 2 is 1.52 bits per heavy atom. The molecule has 0 amide bonds. The predicted octanol–water partition coefficient (Wildman–Crippen LogP) is 7.10. The SMILES string of the molecule is CCCCCc1ccc([C@H]2CC[C@H](OCCC[Si](N=C=S)(N=C=S)N=C=S)CC2)cc1. The molecule has 0 unspecified atom stereocenters. The van der Waals surface area contributed by atoms with Gasteiger partial charge in [0.05, 0.1) is 21.6 Å². The summed E-state index contributed by atoms with van der Waals surface area (Å²) in [6.45, 7) is 2.89. The van der Waals surface area contributed by atoms with Gasteiger partial charge in [0.15, 0.2) is 0 Å². The van der Waals surface area contributed by atoms with Crippen molar-refractivity contribution in [2.24, 2.45) is 14.0 Å². The lowest BCUT2D eigenvalue weighted by Crippen LogP contribution is -2.28. The van der Waals surface area contributed by atoms with E-state index >= 15 is 0 Å². The first-order valence-electron chi connectivity index (χ1n) is 11.1. The molecule has 4 nitrogen and oxygen atoms in total. The first-order valence-corrected chi connectivity index (χ1v) is 14.4. The third kappa shape index (κ3) is 9.05. The van der Waals surface area contributed by atoms with Crippen LogP contribution in [0.25, 0.3) is 0 Å². The predicted molar refractivity (Wildman–Crippen MR) is 141 cm³/mol. The Bertz CT molecular complexity index is 775. The molecule has 31 heavy (non-hydrogen) atoms. The third-order valence-corrected chi connectivity index (χ3v) is 9.07. The number of thiocarbonyl (C=S) groups is 3. The molecule has 1 fully saturated rings. The van der Waals surface area contributed by atoms with E-state index < -0.39 is 8.56 Å². The van der Waals surface area contributed by atoms with E-state index in [1.165, 1.54) is 49.7 Å². The van der Waals surface area contributed by atoms with Crippen LogP contribution in [0, 0.1) is 0 Å². The quantitative estimate of drug-likeness (QED) is 0.128. The molecule has 166 valence electrons. The van der Waals surface area contributed by atoms with Gasteiger partial charge in [0.25, 0.3) is 0 Å². The molecule has 0 radical (unpaired) electrons. The van der Waals surface area contributed by atoms with Crippen molar-refractivity contribution in [2.45, 2.75) is 82.8 Å². The number of unbranched alkanes of at least 4 members (excludes halogenated alkanes) is 2. The van der Waals surface area contributed by atoms with Crippen LogP contribution < -0.4 is 0 Å². The molecular weight excluding hydrogens is 459 g/mol. The summed E-state index contributed by atoms with van der Waals surface area (Å²) in [7, 11) is -2.80. The maximum absolute atomic E-state index is 6.13. The van der Waals surface area contributed by atoms with Crippen LogP contribution in [-0.2, 0) is 11.2 Å². The molecule has 0 bridgehead atoms. The zero-order chi connectivity index (χ0) is 22.4. The van der Waals surface area contributed by atoms with Gasteiger partial charge >= 0.3 is 8.56 Å². The van der Waals surface area contributed by atoms with E-state index in [1.54, 1.807) is 0 Å². The van der Waals surface area contributed by atoms with E-state index in [0.717, 1.165) is 19.3 Å². The van der Waals surface area contributed by atoms with Gasteiger partial charge in [0, 0.05) is 12.7 Å². The number of hydrogen-bond donors (Lipinski definition) is 0. The molecule has 0 atom stereocenters. The van der Waals surface area contributed by atoms with E-state index in [-0.39, 0.29) is 0 Å². The van der Waals surface area contributed by atoms with Crippen molar-refractivity contribution < 1.29 is 4.74 Å². The van der Waals surface area contributed by atoms with Crippen molar-refractivity contribution in [3.05, 3.63) is 35.4 Å². The topological polar surface area (TPSA) is 46.3 Å². The summed E-state index contributed by atoms with van der Waals surface area (Å²) in [6, 6.07) is 9.92. The van der Waals surface area contributed by atoms with Crippen molar-refractivity contribution in [1.29, 1.82) is 0 Å². The van der Waals surface area contributed by atoms with Crippen molar-refractivity contribution in [3.63, 3.8) is 0 Å². The summed E-state index contributed by atoms with van der Waals surface area (Å²) in [5, 5.41) is 7.12. The van der Waals surface area contributed by atoms with Gasteiger partial charge in [-0.2, -0.15) is 0 Å². The average molecular weight is 490 g/mol. The van der Waals surface area contributed by atoms with Crippen LogP contribution in [0.3, 0.4) is 0 Å². The fourth-order valence-electron chi connectivity index (χ4n) is 4.12. The highest BCUT2D eigenvalue weighted by Crippen LogP contribution is 2.34. The molecule has 0 aromatic heterocycles. The van der Waals surface area contributed by atoms with Crippen LogP contribution in [0.1, 0.15) is 75.3 Å². The zero-order valence-electron chi connectivity index (χ0n) is 18.2. The Morgan fingerprint density at radius 3 is 2.06 bits per heavy atom. The smallest absolute Gasteiger partial charge is 0.378 e. The van der Waals surface area contributed by atoms with E-state index in [9.17, 15) is 0 Å². The van der Waals surface area contributed by atoms with Crippen molar-refractivity contribution >= 4 is 60.7 Å². The Kier molecular flexibility index (Phi) is 12.4. The van der Waals surface area contributed by atoms with Crippen molar-refractivity contribution in [2.75, 3.05) is 6.61 Å². The molecule has 0 saturated heterocycles. The summed E-state index contributed by atoms with van der Waals surface area (Å²) >= 11 is 14.2. The second-order valence-corrected chi connectivity index (χ2v) is 11.3. The Morgan fingerprint density at radius 1 is 0.903 bits per heavy atom. The lowest BCUT2D eigenvalue weighted by molar-refractivity contribution is 0.0250. The summed E-state index contributed by atoms with van der Waals surface area (Å²) in [4.78, 5) is 0. The molecule has 1 aromatic rings. The van der Waals surface area contributed by atoms with Crippen LogP contribution >= 0.6 is 36.7 Å². The summed E-state index contributed by atoms with van der Waals surface area (Å²) < 4.78 is 18.6. The molecule has 0 aliphatic heterocycles. The Balaban J connectivity index is 1.75. The number of ether oxygens (including phenoxy) is 1. The highest BCUT2D eigenvalue weighted by atomic mass is 32.1. The minimum Gasteiger partial charge on any atom is -0.378 e. The van der Waals surface area contributed by atoms with Crippen LogP contribution in [0.15, 0.2) is 38.2 Å². The fraction of sp³-hybridized carbons (Fsp3) is 0.609. The van der Waals surface area contributed by atoms with Gasteiger partial charge in [-0.3, -0.25) is 0 Å². The highest BCUT2D eigenvalue weighted by molar-refractivity contribution is 7.78. The normalized spacial score (nSPS) is 19.9. The standard InChI is InChI=1S/C23H31N3OS3Si/c1-2-3-4-6-20-7-9-21(10-8-20)22-11-13-23(14-12-22)27-15-5-16-31(24-17-28,25-18-29)26-19-30/h7-10,22-23H,2-6,11-16H2,1H3/t22-,23-. The number of nitrogens with zero attached hydrogens (tertiary/aromatic N) is 3. The fourth-order valence-corrected chi connectivity index (χ4v) is 6.98. The molecule has 0 spiro atoms. The summed E-state index contributed by atoms with van der Waals surface area (Å²) in [6.07, 6.45) is 10.7. The zero-order valence-corrected chi connectivity index (χ0v) is 21.7. The largest absolute Gasteiger partial charge is 0.461 e. The summed E-state index contributed by atoms with van der Waals surface area (Å²) in [5.74, 6) is 0.649. The van der Waals surface area contributed by atoms with E-state index in [2.05, 4.69) is 60.6 Å². The molecule has 8 heteroatoms. The molecule has 1 aromatic carbocycles. The van der Waals surface area contributed by atoms with Crippen molar-refractivity contribution in [1.82, 2.24) is 0 Å². The number of hydrogen-bond acceptors (Lipinski definition) is 7. The van der Waals surface area contributed by atoms with Crippen LogP contribution in [0.5, 0.6) is 0 Å². The molecule has 0 heterocycles. The lowest BCUT2D eigenvalue weighted by Gasteiger charge is -2.29.